The molecule has 0 aromatic carbocycles. The van der Waals surface area contributed by atoms with Gasteiger partial charge in [0.15, 0.2) is 11.2 Å². The second-order valence-electron chi connectivity index (χ2n) is 7.21. The molecule has 0 aliphatic carbocycles. The third-order valence-electron chi connectivity index (χ3n) is 5.37. The van der Waals surface area contributed by atoms with Gasteiger partial charge in [-0.3, -0.25) is 18.9 Å². The first-order valence-corrected chi connectivity index (χ1v) is 9.88. The van der Waals surface area contributed by atoms with Crippen molar-refractivity contribution in [1.82, 2.24) is 23.6 Å². The van der Waals surface area contributed by atoms with E-state index in [0.717, 1.165) is 17.7 Å². The second-order valence-corrected chi connectivity index (χ2v) is 7.21. The SMILES string of the molecule is Cn1c(=O)c2c(nc(N3CCOCC3)n2CCN=CN2CCOCC2)n(C)c1=O. The number of morpholine rings is 2. The van der Waals surface area contributed by atoms with Crippen molar-refractivity contribution in [2.24, 2.45) is 19.1 Å². The Morgan fingerprint density at radius 3 is 2.34 bits per heavy atom. The molecule has 158 valence electrons. The van der Waals surface area contributed by atoms with Crippen LogP contribution in [0.25, 0.3) is 11.2 Å². The molecule has 29 heavy (non-hydrogen) atoms. The van der Waals surface area contributed by atoms with Crippen LogP contribution in [0.4, 0.5) is 5.95 Å². The highest BCUT2D eigenvalue weighted by Gasteiger charge is 2.23. The van der Waals surface area contributed by atoms with Gasteiger partial charge in [-0.05, 0) is 0 Å². The summed E-state index contributed by atoms with van der Waals surface area (Å²) >= 11 is 0. The van der Waals surface area contributed by atoms with E-state index >= 15 is 0 Å². The highest BCUT2D eigenvalue weighted by Crippen LogP contribution is 2.20. The van der Waals surface area contributed by atoms with Gasteiger partial charge in [-0.25, -0.2) is 4.79 Å². The molecule has 0 amide bonds. The summed E-state index contributed by atoms with van der Waals surface area (Å²) in [4.78, 5) is 38.6. The molecule has 4 rings (SSSR count). The predicted molar refractivity (Wildman–Crippen MR) is 109 cm³/mol. The van der Waals surface area contributed by atoms with Crippen molar-refractivity contribution in [2.75, 3.05) is 64.1 Å². The Labute approximate surface area is 167 Å². The van der Waals surface area contributed by atoms with Crippen molar-refractivity contribution in [3.05, 3.63) is 20.8 Å². The quantitative estimate of drug-likeness (QED) is 0.447. The minimum atomic E-state index is -0.383. The van der Waals surface area contributed by atoms with Gasteiger partial charge in [-0.15, -0.1) is 0 Å². The molecule has 2 aliphatic rings. The molecular weight excluding hydrogens is 378 g/mol. The van der Waals surface area contributed by atoms with Crippen LogP contribution in [0.3, 0.4) is 0 Å². The van der Waals surface area contributed by atoms with Crippen LogP contribution in [-0.4, -0.2) is 89.1 Å². The lowest BCUT2D eigenvalue weighted by atomic mass is 10.4. The first kappa shape index (κ1) is 19.6. The Kier molecular flexibility index (Phi) is 5.67. The number of anilines is 1. The van der Waals surface area contributed by atoms with Crippen LogP contribution in [0.1, 0.15) is 0 Å². The molecule has 0 saturated carbocycles. The summed E-state index contributed by atoms with van der Waals surface area (Å²) in [6.45, 7) is 6.68. The van der Waals surface area contributed by atoms with E-state index in [-0.39, 0.29) is 11.2 Å². The molecule has 0 radical (unpaired) electrons. The summed E-state index contributed by atoms with van der Waals surface area (Å²) in [5, 5.41) is 0. The Morgan fingerprint density at radius 1 is 1.00 bits per heavy atom. The molecule has 4 heterocycles. The standard InChI is InChI=1S/C18H27N7O4/c1-21-15-14(16(26)22(2)18(21)27)25(17(20-15)24-7-11-29-12-8-24)4-3-19-13-23-5-9-28-10-6-23/h13H,3-12H2,1-2H3. The van der Waals surface area contributed by atoms with Crippen molar-refractivity contribution < 1.29 is 9.47 Å². The first-order chi connectivity index (χ1) is 14.1. The number of fused-ring (bicyclic) bond motifs is 1. The molecule has 0 bridgehead atoms. The molecule has 11 nitrogen and oxygen atoms in total. The topological polar surface area (TPSA) is 99.1 Å². The van der Waals surface area contributed by atoms with Crippen molar-refractivity contribution in [3.63, 3.8) is 0 Å². The number of nitrogens with zero attached hydrogens (tertiary/aromatic N) is 7. The molecule has 2 fully saturated rings. The Balaban J connectivity index is 1.68. The maximum atomic E-state index is 12.9. The van der Waals surface area contributed by atoms with Crippen molar-refractivity contribution in [3.8, 4) is 0 Å². The monoisotopic (exact) mass is 405 g/mol. The van der Waals surface area contributed by atoms with Crippen LogP contribution in [-0.2, 0) is 30.1 Å². The number of aromatic nitrogens is 4. The van der Waals surface area contributed by atoms with E-state index in [2.05, 4.69) is 19.8 Å². The van der Waals surface area contributed by atoms with E-state index in [1.807, 2.05) is 10.9 Å². The molecule has 0 unspecified atom stereocenters. The van der Waals surface area contributed by atoms with Crippen LogP contribution in [0.5, 0.6) is 0 Å². The maximum Gasteiger partial charge on any atom is 0.332 e. The lowest BCUT2D eigenvalue weighted by Crippen LogP contribution is -2.39. The zero-order valence-electron chi connectivity index (χ0n) is 16.9. The van der Waals surface area contributed by atoms with Gasteiger partial charge in [-0.2, -0.15) is 4.98 Å². The van der Waals surface area contributed by atoms with Crippen LogP contribution in [0.15, 0.2) is 14.6 Å². The van der Waals surface area contributed by atoms with Gasteiger partial charge >= 0.3 is 5.69 Å². The maximum absolute atomic E-state index is 12.9. The fourth-order valence-corrected chi connectivity index (χ4v) is 3.68. The van der Waals surface area contributed by atoms with Crippen molar-refractivity contribution in [1.29, 1.82) is 0 Å². The lowest BCUT2D eigenvalue weighted by Gasteiger charge is -2.28. The van der Waals surface area contributed by atoms with Gasteiger partial charge < -0.3 is 23.8 Å². The zero-order chi connectivity index (χ0) is 20.4. The van der Waals surface area contributed by atoms with Gasteiger partial charge in [-0.1, -0.05) is 0 Å². The Morgan fingerprint density at radius 2 is 1.66 bits per heavy atom. The molecule has 0 atom stereocenters. The number of aliphatic imine (C=N–C) groups is 1. The number of imidazole rings is 1. The van der Waals surface area contributed by atoms with Crippen LogP contribution < -0.4 is 16.1 Å². The minimum absolute atomic E-state index is 0.340. The van der Waals surface area contributed by atoms with E-state index in [9.17, 15) is 9.59 Å². The number of hydrogen-bond acceptors (Lipinski definition) is 7. The summed E-state index contributed by atoms with van der Waals surface area (Å²) < 4.78 is 15.2. The van der Waals surface area contributed by atoms with Gasteiger partial charge in [0.2, 0.25) is 5.95 Å². The Bertz CT molecular complexity index is 1010. The van der Waals surface area contributed by atoms with Crippen molar-refractivity contribution >= 4 is 23.5 Å². The molecule has 2 aromatic rings. The van der Waals surface area contributed by atoms with Gasteiger partial charge in [0, 0.05) is 46.8 Å². The molecular formula is C18H27N7O4. The van der Waals surface area contributed by atoms with Gasteiger partial charge in [0.1, 0.15) is 0 Å². The van der Waals surface area contributed by atoms with E-state index in [0.29, 0.717) is 69.7 Å². The van der Waals surface area contributed by atoms with Gasteiger partial charge in [0.05, 0.1) is 39.3 Å². The fraction of sp³-hybridized carbons (Fsp3) is 0.667. The average molecular weight is 405 g/mol. The van der Waals surface area contributed by atoms with Crippen LogP contribution in [0, 0.1) is 0 Å². The third kappa shape index (κ3) is 3.79. The highest BCUT2D eigenvalue weighted by molar-refractivity contribution is 5.74. The molecule has 2 aliphatic heterocycles. The summed E-state index contributed by atoms with van der Waals surface area (Å²) in [6, 6.07) is 0. The van der Waals surface area contributed by atoms with Crippen LogP contribution in [0.2, 0.25) is 0 Å². The van der Waals surface area contributed by atoms with E-state index < -0.39 is 0 Å². The normalized spacial score (nSPS) is 18.3. The van der Waals surface area contributed by atoms with Crippen molar-refractivity contribution in [2.45, 2.75) is 6.54 Å². The molecule has 2 aromatic heterocycles. The summed E-state index contributed by atoms with van der Waals surface area (Å²) in [6.07, 6.45) is 1.85. The fourth-order valence-electron chi connectivity index (χ4n) is 3.68. The second kappa shape index (κ2) is 8.37. The molecule has 2 saturated heterocycles. The minimum Gasteiger partial charge on any atom is -0.378 e. The zero-order valence-corrected chi connectivity index (χ0v) is 16.9. The highest BCUT2D eigenvalue weighted by atomic mass is 16.5. The Hall–Kier alpha value is -2.66. The number of aryl methyl sites for hydroxylation is 1. The average Bonchev–Trinajstić information content (AvgIpc) is 3.15. The van der Waals surface area contributed by atoms with E-state index in [4.69, 9.17) is 9.47 Å². The molecule has 11 heteroatoms. The van der Waals surface area contributed by atoms with Crippen LogP contribution >= 0.6 is 0 Å². The van der Waals surface area contributed by atoms with Gasteiger partial charge in [0.25, 0.3) is 5.56 Å². The number of hydrogen-bond donors (Lipinski definition) is 0. The summed E-state index contributed by atoms with van der Waals surface area (Å²) in [5.41, 5.74) is 0.104. The van der Waals surface area contributed by atoms with E-state index in [1.165, 1.54) is 11.6 Å². The molecule has 0 N–H and O–H groups in total. The summed E-state index contributed by atoms with van der Waals surface area (Å²) in [5.74, 6) is 0.683. The predicted octanol–water partition coefficient (Wildman–Crippen LogP) is -1.37. The summed E-state index contributed by atoms with van der Waals surface area (Å²) in [7, 11) is 3.13. The third-order valence-corrected chi connectivity index (χ3v) is 5.37. The first-order valence-electron chi connectivity index (χ1n) is 9.88. The number of ether oxygens (including phenoxy) is 2. The molecule has 0 spiro atoms. The largest absolute Gasteiger partial charge is 0.378 e. The smallest absolute Gasteiger partial charge is 0.332 e. The van der Waals surface area contributed by atoms with E-state index in [1.54, 1.807) is 7.05 Å². The number of rotatable bonds is 5. The lowest BCUT2D eigenvalue weighted by molar-refractivity contribution is 0.0700.